The van der Waals surface area contributed by atoms with Gasteiger partial charge in [0.15, 0.2) is 0 Å². The van der Waals surface area contributed by atoms with Gasteiger partial charge in [0, 0.05) is 28.8 Å². The third-order valence-electron chi connectivity index (χ3n) is 3.42. The van der Waals surface area contributed by atoms with Crippen molar-refractivity contribution in [2.75, 3.05) is 7.05 Å². The van der Waals surface area contributed by atoms with Crippen molar-refractivity contribution in [2.45, 2.75) is 26.3 Å². The van der Waals surface area contributed by atoms with Crippen LogP contribution in [-0.2, 0) is 6.42 Å². The Morgan fingerprint density at radius 2 is 2.00 bits per heavy atom. The van der Waals surface area contributed by atoms with Crippen LogP contribution in [0.2, 0.25) is 0 Å². The predicted molar refractivity (Wildman–Crippen MR) is 83.4 cm³/mol. The predicted octanol–water partition coefficient (Wildman–Crippen LogP) is 3.96. The number of nitrogens with zero attached hydrogens (tertiary/aromatic N) is 1. The van der Waals surface area contributed by atoms with E-state index in [2.05, 4.69) is 70.4 Å². The number of rotatable bonds is 4. The molecular formula is C16H19BrN2. The van der Waals surface area contributed by atoms with Gasteiger partial charge in [0.1, 0.15) is 0 Å². The number of benzene rings is 1. The Kier molecular flexibility index (Phi) is 4.72. The number of aromatic nitrogens is 1. The number of hydrogen-bond acceptors (Lipinski definition) is 2. The highest BCUT2D eigenvalue weighted by Gasteiger charge is 2.14. The topological polar surface area (TPSA) is 24.9 Å². The minimum absolute atomic E-state index is 0.285. The minimum Gasteiger partial charge on any atom is -0.313 e. The van der Waals surface area contributed by atoms with E-state index in [1.807, 2.05) is 13.2 Å². The summed E-state index contributed by atoms with van der Waals surface area (Å²) < 4.78 is 1.15. The van der Waals surface area contributed by atoms with Gasteiger partial charge in [-0.3, -0.25) is 4.98 Å². The highest BCUT2D eigenvalue weighted by Crippen LogP contribution is 2.26. The Balaban J connectivity index is 2.25. The van der Waals surface area contributed by atoms with Crippen molar-refractivity contribution in [2.24, 2.45) is 0 Å². The zero-order chi connectivity index (χ0) is 13.8. The molecule has 0 aliphatic rings. The van der Waals surface area contributed by atoms with E-state index in [0.717, 1.165) is 16.6 Å². The molecule has 1 atom stereocenters. The van der Waals surface area contributed by atoms with Gasteiger partial charge < -0.3 is 5.32 Å². The smallest absolute Gasteiger partial charge is 0.0422 e. The number of aryl methyl sites for hydroxylation is 1. The lowest BCUT2D eigenvalue weighted by atomic mass is 9.97. The first kappa shape index (κ1) is 14.2. The normalized spacial score (nSPS) is 12.4. The number of likely N-dealkylation sites (N-methyl/N-ethyl adjacent to an activating group) is 1. The standard InChI is InChI=1S/C16H19BrN2/c1-11-7-8-13(19-10-11)9-16(18-3)14-5-4-6-15(17)12(14)2/h4-8,10,16,18H,9H2,1-3H3. The third kappa shape index (κ3) is 3.43. The van der Waals surface area contributed by atoms with Crippen LogP contribution in [-0.4, -0.2) is 12.0 Å². The molecule has 2 rings (SSSR count). The van der Waals surface area contributed by atoms with Crippen LogP contribution in [0.15, 0.2) is 41.0 Å². The van der Waals surface area contributed by atoms with Crippen molar-refractivity contribution >= 4 is 15.9 Å². The summed E-state index contributed by atoms with van der Waals surface area (Å²) >= 11 is 3.60. The molecule has 1 unspecified atom stereocenters. The Morgan fingerprint density at radius 1 is 1.21 bits per heavy atom. The molecular weight excluding hydrogens is 300 g/mol. The van der Waals surface area contributed by atoms with Gasteiger partial charge in [0.2, 0.25) is 0 Å². The second-order valence-electron chi connectivity index (χ2n) is 4.83. The zero-order valence-corrected chi connectivity index (χ0v) is 13.2. The van der Waals surface area contributed by atoms with E-state index in [-0.39, 0.29) is 6.04 Å². The number of halogens is 1. The molecule has 0 bridgehead atoms. The summed E-state index contributed by atoms with van der Waals surface area (Å²) in [4.78, 5) is 4.49. The number of pyridine rings is 1. The molecule has 0 saturated heterocycles. The van der Waals surface area contributed by atoms with E-state index >= 15 is 0 Å². The molecule has 0 radical (unpaired) electrons. The fraction of sp³-hybridized carbons (Fsp3) is 0.312. The second kappa shape index (κ2) is 6.31. The van der Waals surface area contributed by atoms with Gasteiger partial charge >= 0.3 is 0 Å². The molecule has 19 heavy (non-hydrogen) atoms. The van der Waals surface area contributed by atoms with Crippen LogP contribution in [0.3, 0.4) is 0 Å². The molecule has 1 N–H and O–H groups in total. The quantitative estimate of drug-likeness (QED) is 0.922. The zero-order valence-electron chi connectivity index (χ0n) is 11.6. The lowest BCUT2D eigenvalue weighted by Gasteiger charge is -2.19. The van der Waals surface area contributed by atoms with E-state index in [9.17, 15) is 0 Å². The van der Waals surface area contributed by atoms with Crippen molar-refractivity contribution < 1.29 is 0 Å². The average molecular weight is 319 g/mol. The molecule has 0 aliphatic heterocycles. The monoisotopic (exact) mass is 318 g/mol. The molecule has 1 aromatic heterocycles. The van der Waals surface area contributed by atoms with Gasteiger partial charge in [-0.2, -0.15) is 0 Å². The first-order valence-electron chi connectivity index (χ1n) is 6.45. The van der Waals surface area contributed by atoms with Gasteiger partial charge in [-0.1, -0.05) is 34.1 Å². The fourth-order valence-corrected chi connectivity index (χ4v) is 2.58. The lowest BCUT2D eigenvalue weighted by Crippen LogP contribution is -2.20. The maximum atomic E-state index is 4.49. The average Bonchev–Trinajstić information content (AvgIpc) is 2.42. The summed E-state index contributed by atoms with van der Waals surface area (Å²) in [5, 5.41) is 3.39. The molecule has 1 heterocycles. The Labute approximate surface area is 123 Å². The van der Waals surface area contributed by atoms with Crippen LogP contribution in [0.5, 0.6) is 0 Å². The molecule has 100 valence electrons. The molecule has 2 nitrogen and oxygen atoms in total. The van der Waals surface area contributed by atoms with Gasteiger partial charge in [-0.05, 0) is 49.7 Å². The Bertz CT molecular complexity index is 549. The van der Waals surface area contributed by atoms with Crippen LogP contribution in [0.1, 0.15) is 28.4 Å². The van der Waals surface area contributed by atoms with E-state index in [1.165, 1.54) is 16.7 Å². The molecule has 0 spiro atoms. The number of hydrogen-bond donors (Lipinski definition) is 1. The molecule has 0 saturated carbocycles. The van der Waals surface area contributed by atoms with E-state index in [1.54, 1.807) is 0 Å². The van der Waals surface area contributed by atoms with Crippen LogP contribution < -0.4 is 5.32 Å². The Hall–Kier alpha value is -1.19. The van der Waals surface area contributed by atoms with E-state index in [0.29, 0.717) is 0 Å². The minimum atomic E-state index is 0.285. The molecule has 2 aromatic rings. The van der Waals surface area contributed by atoms with Gasteiger partial charge in [0.25, 0.3) is 0 Å². The van der Waals surface area contributed by atoms with Crippen molar-refractivity contribution in [3.8, 4) is 0 Å². The van der Waals surface area contributed by atoms with Crippen LogP contribution >= 0.6 is 15.9 Å². The van der Waals surface area contributed by atoms with Crippen molar-refractivity contribution in [1.29, 1.82) is 0 Å². The summed E-state index contributed by atoms with van der Waals surface area (Å²) in [7, 11) is 2.00. The van der Waals surface area contributed by atoms with Gasteiger partial charge in [0.05, 0.1) is 0 Å². The lowest BCUT2D eigenvalue weighted by molar-refractivity contribution is 0.581. The summed E-state index contributed by atoms with van der Waals surface area (Å²) in [6, 6.07) is 10.8. The molecule has 1 aromatic carbocycles. The number of nitrogens with one attached hydrogen (secondary N) is 1. The van der Waals surface area contributed by atoms with E-state index < -0.39 is 0 Å². The van der Waals surface area contributed by atoms with Crippen molar-refractivity contribution in [3.05, 3.63) is 63.4 Å². The summed E-state index contributed by atoms with van der Waals surface area (Å²) in [6.07, 6.45) is 2.82. The molecule has 0 amide bonds. The maximum Gasteiger partial charge on any atom is 0.0422 e. The van der Waals surface area contributed by atoms with Gasteiger partial charge in [-0.25, -0.2) is 0 Å². The first-order valence-corrected chi connectivity index (χ1v) is 7.25. The van der Waals surface area contributed by atoms with Crippen LogP contribution in [0, 0.1) is 13.8 Å². The fourth-order valence-electron chi connectivity index (χ4n) is 2.20. The van der Waals surface area contributed by atoms with Crippen LogP contribution in [0.4, 0.5) is 0 Å². The van der Waals surface area contributed by atoms with Crippen molar-refractivity contribution in [1.82, 2.24) is 10.3 Å². The second-order valence-corrected chi connectivity index (χ2v) is 5.68. The summed E-state index contributed by atoms with van der Waals surface area (Å²) in [5.41, 5.74) is 4.92. The van der Waals surface area contributed by atoms with Crippen molar-refractivity contribution in [3.63, 3.8) is 0 Å². The maximum absolute atomic E-state index is 4.49. The van der Waals surface area contributed by atoms with Crippen LogP contribution in [0.25, 0.3) is 0 Å². The largest absolute Gasteiger partial charge is 0.313 e. The summed E-state index contributed by atoms with van der Waals surface area (Å²) in [6.45, 7) is 4.21. The first-order chi connectivity index (χ1) is 9.11. The Morgan fingerprint density at radius 3 is 2.63 bits per heavy atom. The van der Waals surface area contributed by atoms with Gasteiger partial charge in [-0.15, -0.1) is 0 Å². The third-order valence-corrected chi connectivity index (χ3v) is 4.28. The highest BCUT2D eigenvalue weighted by atomic mass is 79.9. The SMILES string of the molecule is CNC(Cc1ccc(C)cn1)c1cccc(Br)c1C. The molecule has 3 heteroatoms. The molecule has 0 fully saturated rings. The highest BCUT2D eigenvalue weighted by molar-refractivity contribution is 9.10. The molecule has 0 aliphatic carbocycles. The summed E-state index contributed by atoms with van der Waals surface area (Å²) in [5.74, 6) is 0. The van der Waals surface area contributed by atoms with E-state index in [4.69, 9.17) is 0 Å².